The Hall–Kier alpha value is -5.05. The average Bonchev–Trinajstić information content (AvgIpc) is 3.00. The van der Waals surface area contributed by atoms with Crippen molar-refractivity contribution in [1.29, 1.82) is 0 Å². The number of hydrogen-bond donors (Lipinski definition) is 1. The number of rotatable bonds is 7. The summed E-state index contributed by atoms with van der Waals surface area (Å²) in [6.45, 7) is 1.30. The van der Waals surface area contributed by atoms with Crippen molar-refractivity contribution < 1.29 is 45.3 Å². The number of aromatic nitrogens is 2. The Labute approximate surface area is 264 Å². The number of benzene rings is 3. The number of aryl methyl sites for hydroxylation is 1. The molecule has 0 saturated carbocycles. The molecule has 2 heterocycles. The van der Waals surface area contributed by atoms with Crippen LogP contribution < -0.4 is 25.1 Å². The minimum Gasteiger partial charge on any atom is -0.493 e. The van der Waals surface area contributed by atoms with Gasteiger partial charge in [-0.05, 0) is 70.9 Å². The fourth-order valence-electron chi connectivity index (χ4n) is 4.59. The Morgan fingerprint density at radius 1 is 0.891 bits per heavy atom. The van der Waals surface area contributed by atoms with Gasteiger partial charge in [-0.3, -0.25) is 19.1 Å². The predicted molar refractivity (Wildman–Crippen MR) is 159 cm³/mol. The molecule has 15 heteroatoms. The third kappa shape index (κ3) is 6.09. The van der Waals surface area contributed by atoms with Gasteiger partial charge < -0.3 is 19.5 Å². The second kappa shape index (κ2) is 12.4. The monoisotopic (exact) mass is 707 g/mol. The van der Waals surface area contributed by atoms with E-state index in [1.165, 1.54) is 39.3 Å². The fourth-order valence-corrected chi connectivity index (χ4v) is 4.92. The topological polar surface area (TPSA) is 91.7 Å². The zero-order valence-corrected chi connectivity index (χ0v) is 25.4. The van der Waals surface area contributed by atoms with E-state index in [1.807, 2.05) is 0 Å². The zero-order chi connectivity index (χ0) is 33.5. The lowest BCUT2D eigenvalue weighted by Crippen LogP contribution is -2.33. The number of amides is 1. The van der Waals surface area contributed by atoms with Crippen molar-refractivity contribution in [2.45, 2.75) is 13.1 Å². The summed E-state index contributed by atoms with van der Waals surface area (Å²) in [7, 11) is 2.77. The molecule has 0 atom stereocenters. The number of nitrogens with one attached hydrogen (secondary N) is 1. The molecule has 1 amide bonds. The lowest BCUT2D eigenvalue weighted by atomic mass is 10.1. The molecule has 5 aromatic rings. The van der Waals surface area contributed by atoms with Gasteiger partial charge in [-0.15, -0.1) is 0 Å². The molecule has 0 saturated heterocycles. The standard InChI is InChI=1S/C31H20BrF6N3O5/c1-14-8-19(33)18(32)11-23(14)41-27(31(36,37)38)7-5-16(30(41)43)29(42)40-15-4-6-24(20(34)9-15)46-28-17-10-25(44-2)26(45-3)12-22(17)39-13-21(28)35/h4-13H,1-3H3,(H,40,42). The van der Waals surface area contributed by atoms with Gasteiger partial charge in [-0.25, -0.2) is 13.2 Å². The first kappa shape index (κ1) is 32.3. The van der Waals surface area contributed by atoms with Gasteiger partial charge in [-0.1, -0.05) is 0 Å². The van der Waals surface area contributed by atoms with Crippen LogP contribution >= 0.6 is 15.9 Å². The molecule has 5 rings (SSSR count). The van der Waals surface area contributed by atoms with Crippen molar-refractivity contribution in [3.05, 3.63) is 110 Å². The van der Waals surface area contributed by atoms with E-state index in [1.54, 1.807) is 0 Å². The van der Waals surface area contributed by atoms with Crippen molar-refractivity contribution in [1.82, 2.24) is 9.55 Å². The lowest BCUT2D eigenvalue weighted by Gasteiger charge is -2.19. The Bertz CT molecular complexity index is 2080. The summed E-state index contributed by atoms with van der Waals surface area (Å²) < 4.78 is 102. The van der Waals surface area contributed by atoms with Crippen molar-refractivity contribution in [2.75, 3.05) is 19.5 Å². The largest absolute Gasteiger partial charge is 0.493 e. The lowest BCUT2D eigenvalue weighted by molar-refractivity contribution is -0.142. The van der Waals surface area contributed by atoms with E-state index in [4.69, 9.17) is 14.2 Å². The van der Waals surface area contributed by atoms with Gasteiger partial charge >= 0.3 is 6.18 Å². The number of ether oxygens (including phenoxy) is 3. The highest BCUT2D eigenvalue weighted by Gasteiger charge is 2.36. The first-order valence-electron chi connectivity index (χ1n) is 13.0. The molecule has 46 heavy (non-hydrogen) atoms. The van der Waals surface area contributed by atoms with Crippen LogP contribution in [-0.2, 0) is 6.18 Å². The van der Waals surface area contributed by atoms with Gasteiger partial charge in [0.15, 0.2) is 34.6 Å². The highest BCUT2D eigenvalue weighted by Crippen LogP contribution is 2.39. The van der Waals surface area contributed by atoms with E-state index in [0.29, 0.717) is 17.9 Å². The molecule has 0 aliphatic carbocycles. The summed E-state index contributed by atoms with van der Waals surface area (Å²) in [4.78, 5) is 30.4. The van der Waals surface area contributed by atoms with Crippen molar-refractivity contribution in [3.63, 3.8) is 0 Å². The third-order valence-corrected chi connectivity index (χ3v) is 7.39. The SMILES string of the molecule is COc1cc2ncc(F)c(Oc3ccc(NC(=O)c4ccc(C(F)(F)F)n(-c5cc(Br)c(F)cc5C)c4=O)cc3F)c2cc1OC. The Morgan fingerprint density at radius 3 is 2.24 bits per heavy atom. The van der Waals surface area contributed by atoms with Crippen LogP contribution in [0.2, 0.25) is 0 Å². The molecule has 2 aromatic heterocycles. The van der Waals surface area contributed by atoms with Gasteiger partial charge in [0.1, 0.15) is 17.1 Å². The summed E-state index contributed by atoms with van der Waals surface area (Å²) in [5.74, 6) is -4.19. The van der Waals surface area contributed by atoms with E-state index >= 15 is 4.39 Å². The Kier molecular flexibility index (Phi) is 8.71. The van der Waals surface area contributed by atoms with E-state index in [0.717, 1.165) is 30.5 Å². The molecular formula is C31H20BrF6N3O5. The highest BCUT2D eigenvalue weighted by molar-refractivity contribution is 9.10. The van der Waals surface area contributed by atoms with Gasteiger partial charge in [0.2, 0.25) is 0 Å². The number of anilines is 1. The molecule has 8 nitrogen and oxygen atoms in total. The normalized spacial score (nSPS) is 11.4. The summed E-state index contributed by atoms with van der Waals surface area (Å²) in [6, 6.07) is 9.05. The smallest absolute Gasteiger partial charge is 0.431 e. The van der Waals surface area contributed by atoms with Gasteiger partial charge in [-0.2, -0.15) is 13.2 Å². The van der Waals surface area contributed by atoms with Gasteiger partial charge in [0.05, 0.1) is 36.1 Å². The zero-order valence-electron chi connectivity index (χ0n) is 23.9. The molecule has 238 valence electrons. The van der Waals surface area contributed by atoms with Crippen LogP contribution in [0.25, 0.3) is 16.6 Å². The minimum atomic E-state index is -5.02. The molecule has 0 radical (unpaired) electrons. The Morgan fingerprint density at radius 2 is 1.59 bits per heavy atom. The number of hydrogen-bond acceptors (Lipinski definition) is 6. The second-order valence-corrected chi connectivity index (χ2v) is 10.5. The molecule has 1 N–H and O–H groups in total. The number of carbonyl (C=O) groups is 1. The van der Waals surface area contributed by atoms with E-state index < -0.39 is 52.1 Å². The summed E-state index contributed by atoms with van der Waals surface area (Å²) in [6.07, 6.45) is -4.14. The number of halogens is 7. The molecule has 3 aromatic carbocycles. The van der Waals surface area contributed by atoms with E-state index in [9.17, 15) is 31.5 Å². The summed E-state index contributed by atoms with van der Waals surface area (Å²) >= 11 is 2.90. The highest BCUT2D eigenvalue weighted by atomic mass is 79.9. The number of pyridine rings is 2. The Balaban J connectivity index is 1.48. The molecule has 0 fully saturated rings. The number of nitrogens with zero attached hydrogens (tertiary/aromatic N) is 2. The number of methoxy groups -OCH3 is 2. The fraction of sp³-hybridized carbons (Fsp3) is 0.129. The third-order valence-electron chi connectivity index (χ3n) is 6.78. The van der Waals surface area contributed by atoms with Crippen LogP contribution in [0.5, 0.6) is 23.0 Å². The maximum Gasteiger partial charge on any atom is 0.431 e. The number of alkyl halides is 3. The average molecular weight is 708 g/mol. The van der Waals surface area contributed by atoms with E-state index in [-0.39, 0.29) is 48.4 Å². The minimum absolute atomic E-state index is 0.0143. The maximum absolute atomic E-state index is 15.2. The quantitative estimate of drug-likeness (QED) is 0.173. The predicted octanol–water partition coefficient (Wildman–Crippen LogP) is 7.95. The summed E-state index contributed by atoms with van der Waals surface area (Å²) in [5, 5.41) is 2.39. The molecule has 0 aliphatic rings. The molecule has 0 unspecified atom stereocenters. The van der Waals surface area contributed by atoms with Crippen molar-refractivity contribution >= 4 is 38.4 Å². The summed E-state index contributed by atoms with van der Waals surface area (Å²) in [5.41, 5.74) is -3.77. The van der Waals surface area contributed by atoms with Crippen molar-refractivity contribution in [3.8, 4) is 28.7 Å². The van der Waals surface area contributed by atoms with Crippen LogP contribution in [0.15, 0.2) is 70.1 Å². The van der Waals surface area contributed by atoms with Gasteiger partial charge in [0, 0.05) is 23.2 Å². The molecule has 0 spiro atoms. The maximum atomic E-state index is 15.2. The molecule has 0 bridgehead atoms. The first-order valence-corrected chi connectivity index (χ1v) is 13.8. The molecular weight excluding hydrogens is 688 g/mol. The first-order chi connectivity index (χ1) is 21.7. The van der Waals surface area contributed by atoms with Gasteiger partial charge in [0.25, 0.3) is 11.5 Å². The van der Waals surface area contributed by atoms with Crippen LogP contribution in [-0.4, -0.2) is 29.7 Å². The molecule has 0 aliphatic heterocycles. The van der Waals surface area contributed by atoms with Crippen LogP contribution in [0.1, 0.15) is 21.6 Å². The van der Waals surface area contributed by atoms with Crippen LogP contribution in [0.4, 0.5) is 32.0 Å². The number of fused-ring (bicyclic) bond motifs is 1. The van der Waals surface area contributed by atoms with Crippen LogP contribution in [0.3, 0.4) is 0 Å². The number of carbonyl (C=O) groups excluding carboxylic acids is 1. The van der Waals surface area contributed by atoms with E-state index in [2.05, 4.69) is 26.2 Å². The van der Waals surface area contributed by atoms with Crippen molar-refractivity contribution in [2.24, 2.45) is 0 Å². The van der Waals surface area contributed by atoms with Crippen LogP contribution in [0, 0.1) is 24.4 Å². The second-order valence-electron chi connectivity index (χ2n) is 9.68.